The molecule has 8 amide bonds. The van der Waals surface area contributed by atoms with Crippen molar-refractivity contribution in [2.24, 2.45) is 110 Å². The number of aliphatic hydroxyl groups is 2. The number of aliphatic hydroxyl groups excluding tert-OH is 2. The molecule has 0 aliphatic carbocycles. The summed E-state index contributed by atoms with van der Waals surface area (Å²) in [5.74, 6) is 1.81. The Morgan fingerprint density at radius 3 is 1.12 bits per heavy atom. The summed E-state index contributed by atoms with van der Waals surface area (Å²) >= 11 is 0. The predicted molar refractivity (Wildman–Crippen MR) is 517 cm³/mol. The number of methoxy groups -OCH3 is 6. The van der Waals surface area contributed by atoms with Gasteiger partial charge in [-0.1, -0.05) is 101 Å². The average Bonchev–Trinajstić information content (AvgIpc) is 1.62. The summed E-state index contributed by atoms with van der Waals surface area (Å²) in [7, 11) is 9.85. The molecule has 6 rings (SSSR count). The quantitative estimate of drug-likeness (QED) is 0.0161. The Morgan fingerprint density at radius 1 is 0.463 bits per heavy atom. The monoisotopic (exact) mass is 1880 g/mol. The Bertz CT molecular complexity index is 4270. The van der Waals surface area contributed by atoms with Crippen molar-refractivity contribution in [2.45, 2.75) is 245 Å². The number of ether oxygens (including phenoxy) is 10. The van der Waals surface area contributed by atoms with Crippen molar-refractivity contribution < 1.29 is 101 Å². The number of benzene rings is 3. The van der Waals surface area contributed by atoms with Gasteiger partial charge in [0.1, 0.15) is 18.8 Å². The number of cyclic esters (lactones) is 1. The van der Waals surface area contributed by atoms with Gasteiger partial charge in [-0.05, 0) is 206 Å². The van der Waals surface area contributed by atoms with E-state index in [1.54, 1.807) is 109 Å². The smallest absolute Gasteiger partial charge is 0.407 e. The molecule has 1 aliphatic rings. The first-order valence-corrected chi connectivity index (χ1v) is 47.0. The predicted octanol–water partition coefficient (Wildman–Crippen LogP) is 11.4. The highest BCUT2D eigenvalue weighted by atomic mass is 16.6. The van der Waals surface area contributed by atoms with Crippen LogP contribution >= 0.6 is 0 Å². The Labute approximate surface area is 796 Å². The van der Waals surface area contributed by atoms with E-state index in [0.717, 1.165) is 48.8 Å². The number of nitrogens with one attached hydrogen (secondary N) is 5. The minimum atomic E-state index is -0.951. The molecule has 5 aromatic rings. The molecule has 0 radical (unpaired) electrons. The summed E-state index contributed by atoms with van der Waals surface area (Å²) in [5.41, 5.74) is 23.5. The Kier molecular flexibility index (Phi) is 52.6. The number of nitrogens with two attached hydrogens (primary N) is 4. The molecular weight excluding hydrogens is 1720 g/mol. The van der Waals surface area contributed by atoms with Gasteiger partial charge in [-0.2, -0.15) is 0 Å². The fourth-order valence-corrected chi connectivity index (χ4v) is 15.0. The number of imidazole rings is 2. The van der Waals surface area contributed by atoms with E-state index >= 15 is 0 Å². The van der Waals surface area contributed by atoms with Crippen LogP contribution in [0.1, 0.15) is 206 Å². The number of hydrogen-bond donors (Lipinski definition) is 11. The maximum Gasteiger partial charge on any atom is 0.407 e. The highest BCUT2D eigenvalue weighted by Gasteiger charge is 2.42. The first kappa shape index (κ1) is 118. The third-order valence-corrected chi connectivity index (χ3v) is 24.8. The number of hydrogen-bond acceptors (Lipinski definition) is 24. The number of amides is 8. The van der Waals surface area contributed by atoms with E-state index in [1.165, 1.54) is 28.7 Å². The lowest BCUT2D eigenvalue weighted by atomic mass is 9.80. The zero-order chi connectivity index (χ0) is 101. The lowest BCUT2D eigenvalue weighted by molar-refractivity contribution is -0.131. The van der Waals surface area contributed by atoms with Crippen LogP contribution in [0.25, 0.3) is 0 Å². The second kappa shape index (κ2) is 59.7. The van der Waals surface area contributed by atoms with Crippen molar-refractivity contribution in [3.05, 3.63) is 109 Å². The van der Waals surface area contributed by atoms with E-state index in [4.69, 9.17) is 70.3 Å². The Balaban J connectivity index is 0.000000485. The lowest BCUT2D eigenvalue weighted by Gasteiger charge is -2.33. The van der Waals surface area contributed by atoms with Crippen molar-refractivity contribution in [2.75, 3.05) is 102 Å². The zero-order valence-electron chi connectivity index (χ0n) is 84.7. The minimum absolute atomic E-state index is 0.00829. The summed E-state index contributed by atoms with van der Waals surface area (Å²) in [6.45, 7) is 39.9. The number of carbonyl (C=O) groups is 9. The molecule has 15 N–H and O–H groups in total. The van der Waals surface area contributed by atoms with E-state index in [1.807, 2.05) is 96.1 Å². The SMILES string of the molecule is COCCCOc1cc(C[C@@H](C[C@@H]2NC(=O)O[C@H]2C[C@H](C(=O)NCC(C)(C)C(N)=O)C(C)C)C(C)C)ccc1OC.COCCCOc1cc(C[C@@H](C[C@H](N)[C@@H](O)C[C@H](C(=O)NCC(C)(C)C(N)=O)C(C)C)C(C)C)ccc1OC.COCCCOc1cc(C[C@@H](C[C@H](NC(C)=O)[C@@H](O)C[C@H](C(=O)NCC(C)(C)C(N)=O)C(C)C)C(C)C)ccc1OC.O=C(n1ccnc1)n1ccnc1. The van der Waals surface area contributed by atoms with E-state index in [-0.39, 0.29) is 110 Å². The van der Waals surface area contributed by atoms with Crippen LogP contribution in [0, 0.1) is 87.3 Å². The lowest BCUT2D eigenvalue weighted by Crippen LogP contribution is -2.48. The van der Waals surface area contributed by atoms with Gasteiger partial charge in [-0.3, -0.25) is 42.7 Å². The van der Waals surface area contributed by atoms with Crippen LogP contribution in [0.15, 0.2) is 92.0 Å². The van der Waals surface area contributed by atoms with E-state index in [2.05, 4.69) is 78.1 Å². The molecule has 34 heteroatoms. The van der Waals surface area contributed by atoms with Gasteiger partial charge in [0.25, 0.3) is 0 Å². The van der Waals surface area contributed by atoms with Crippen molar-refractivity contribution in [3.8, 4) is 34.5 Å². The topological polar surface area (TPSA) is 486 Å². The van der Waals surface area contributed by atoms with Crippen molar-refractivity contribution in [1.82, 2.24) is 45.7 Å². The van der Waals surface area contributed by atoms with Crippen LogP contribution in [0.5, 0.6) is 34.5 Å². The van der Waals surface area contributed by atoms with Gasteiger partial charge in [0.15, 0.2) is 34.5 Å². The second-order valence-corrected chi connectivity index (χ2v) is 39.1. The standard InChI is InChI=1S/C32H55N3O7.C31H51N3O7.C30H53N3O6.C7H6N4O/c1-20(2)24(15-23-11-12-28(41-9)29(16-23)42-14-10-13-40-8)17-26(35-22(5)36)27(37)18-25(21(3)4)30(38)34-19-32(6,7)31(33)39;1-19(2)22(14-21-10-11-25(39-8)27(15-21)40-13-9-12-38-7)16-24-26(41-30(37)34-24)17-23(20(3)4)28(35)33-18-31(5,6)29(32)36;1-19(2)22(14-21-10-11-26(38-8)27(15-21)39-13-9-12-37-7)16-24(31)25(34)17-23(20(3)4)28(35)33-18-30(5,6)29(32)36;12-7(10-3-1-8-5-10)11-4-2-9-6-11/h11-12,16,20-21,24-27,37H,10,13-15,17-19H2,1-9H3,(H2,33,39)(H,34,38)(H,35,36);10-11,15,19-20,22-24,26H,9,12-14,16-18H2,1-8H3,(H2,32,36)(H,33,35)(H,34,37);10-11,15,19-20,22-25,34H,9,12-14,16-18,31H2,1-8H3,(H2,32,36)(H,33,35);1-6H/t24-,25-,26-,27-;22-,23-,24-,26-;22-,23-,24-,25-;/m000./s1. The van der Waals surface area contributed by atoms with Crippen molar-refractivity contribution >= 4 is 53.5 Å². The van der Waals surface area contributed by atoms with Crippen LogP contribution in [0.2, 0.25) is 0 Å². The normalized spacial score (nSPS) is 15.6. The van der Waals surface area contributed by atoms with Crippen LogP contribution in [0.3, 0.4) is 0 Å². The number of primary amides is 3. The molecule has 2 aromatic heterocycles. The average molecular weight is 1890 g/mol. The second-order valence-electron chi connectivity index (χ2n) is 39.1. The van der Waals surface area contributed by atoms with E-state index in [0.29, 0.717) is 118 Å². The molecule has 1 fully saturated rings. The van der Waals surface area contributed by atoms with Gasteiger partial charge in [-0.25, -0.2) is 19.6 Å². The summed E-state index contributed by atoms with van der Waals surface area (Å²) < 4.78 is 58.1. The Hall–Kier alpha value is -10.1. The summed E-state index contributed by atoms with van der Waals surface area (Å²) in [6.07, 6.45) is 13.7. The summed E-state index contributed by atoms with van der Waals surface area (Å²) in [5, 5.41) is 36.9. The fourth-order valence-electron chi connectivity index (χ4n) is 15.0. The van der Waals surface area contributed by atoms with Gasteiger partial charge in [0.05, 0.1) is 81.7 Å². The van der Waals surface area contributed by atoms with Crippen LogP contribution in [0.4, 0.5) is 9.59 Å². The highest BCUT2D eigenvalue weighted by Crippen LogP contribution is 2.38. The molecule has 0 bridgehead atoms. The van der Waals surface area contributed by atoms with Gasteiger partial charge >= 0.3 is 12.1 Å². The molecule has 34 nitrogen and oxygen atoms in total. The van der Waals surface area contributed by atoms with Crippen molar-refractivity contribution in [1.29, 1.82) is 0 Å². The molecule has 1 aliphatic heterocycles. The number of alkyl carbamates (subject to hydrolysis) is 1. The van der Waals surface area contributed by atoms with E-state index < -0.39 is 88.2 Å². The van der Waals surface area contributed by atoms with Crippen molar-refractivity contribution in [3.63, 3.8) is 0 Å². The molecule has 3 heterocycles. The Morgan fingerprint density at radius 2 is 0.806 bits per heavy atom. The molecule has 3 aromatic carbocycles. The molecule has 12 atom stereocenters. The third-order valence-electron chi connectivity index (χ3n) is 24.8. The van der Waals surface area contributed by atoms with E-state index in [9.17, 15) is 53.4 Å². The maximum absolute atomic E-state index is 13.1. The summed E-state index contributed by atoms with van der Waals surface area (Å²) in [4.78, 5) is 118. The van der Waals surface area contributed by atoms with Crippen LogP contribution < -0.4 is 77.9 Å². The first-order valence-electron chi connectivity index (χ1n) is 47.0. The van der Waals surface area contributed by atoms with Crippen LogP contribution in [-0.2, 0) is 71.8 Å². The molecule has 1 saturated heterocycles. The molecule has 0 spiro atoms. The molecule has 0 unspecified atom stereocenters. The third kappa shape index (κ3) is 41.6. The minimum Gasteiger partial charge on any atom is -0.493 e. The number of rotatable bonds is 57. The van der Waals surface area contributed by atoms with Gasteiger partial charge in [0.2, 0.25) is 41.4 Å². The maximum atomic E-state index is 13.1. The zero-order valence-corrected chi connectivity index (χ0v) is 84.7. The number of aromatic nitrogens is 4. The molecular formula is C100H165N13O21. The largest absolute Gasteiger partial charge is 0.493 e. The fraction of sp³-hybridized carbons (Fsp3) is 0.670. The summed E-state index contributed by atoms with van der Waals surface area (Å²) in [6, 6.07) is 16.4. The molecule has 134 heavy (non-hydrogen) atoms. The van der Waals surface area contributed by atoms with Gasteiger partial charge in [-0.15, -0.1) is 0 Å². The number of nitrogens with zero attached hydrogens (tertiary/aromatic N) is 4. The molecule has 756 valence electrons. The first-order chi connectivity index (χ1) is 63.0. The highest BCUT2D eigenvalue weighted by molar-refractivity contribution is 5.85. The van der Waals surface area contributed by atoms with Crippen LogP contribution in [-0.4, -0.2) is 221 Å². The number of carbonyl (C=O) groups excluding carboxylic acids is 9. The molecule has 0 saturated carbocycles. The van der Waals surface area contributed by atoms with Gasteiger partial charge in [0, 0.05) is 136 Å². The van der Waals surface area contributed by atoms with Gasteiger partial charge < -0.3 is 107 Å².